The van der Waals surface area contributed by atoms with Crippen molar-refractivity contribution in [2.24, 2.45) is 0 Å². The average Bonchev–Trinajstić information content (AvgIpc) is 3.21. The van der Waals surface area contributed by atoms with Gasteiger partial charge in [0.05, 0.1) is 36.2 Å². The zero-order valence-corrected chi connectivity index (χ0v) is 19.4. The van der Waals surface area contributed by atoms with E-state index in [1.807, 2.05) is 30.3 Å². The summed E-state index contributed by atoms with van der Waals surface area (Å²) in [6.45, 7) is 0.0942. The van der Waals surface area contributed by atoms with E-state index in [4.69, 9.17) is 9.84 Å². The number of rotatable bonds is 7. The Hall–Kier alpha value is -4.43. The van der Waals surface area contributed by atoms with E-state index in [2.05, 4.69) is 10.6 Å². The lowest BCUT2D eigenvalue weighted by Gasteiger charge is -2.18. The zero-order valence-electron chi connectivity index (χ0n) is 19.4. The Morgan fingerprint density at radius 3 is 2.43 bits per heavy atom. The summed E-state index contributed by atoms with van der Waals surface area (Å²) >= 11 is 0. The third kappa shape index (κ3) is 4.92. The van der Waals surface area contributed by atoms with E-state index in [1.54, 1.807) is 49.5 Å². The highest BCUT2D eigenvalue weighted by Crippen LogP contribution is 2.38. The molecule has 0 atom stereocenters. The molecule has 1 heterocycles. The first-order valence-electron chi connectivity index (χ1n) is 11.0. The van der Waals surface area contributed by atoms with Crippen molar-refractivity contribution in [3.63, 3.8) is 0 Å². The molecule has 4 rings (SSSR count). The third-order valence-electron chi connectivity index (χ3n) is 5.66. The predicted molar refractivity (Wildman–Crippen MR) is 134 cm³/mol. The second kappa shape index (κ2) is 10.2. The van der Waals surface area contributed by atoms with Gasteiger partial charge < -0.3 is 25.4 Å². The fourth-order valence-electron chi connectivity index (χ4n) is 3.90. The van der Waals surface area contributed by atoms with Gasteiger partial charge in [-0.3, -0.25) is 9.59 Å². The fraction of sp³-hybridized carbons (Fsp3) is 0.148. The number of aliphatic hydroxyl groups is 1. The molecule has 35 heavy (non-hydrogen) atoms. The number of fused-ring (bicyclic) bond motifs is 1. The molecule has 0 saturated carbocycles. The Labute approximate surface area is 202 Å². The lowest BCUT2D eigenvalue weighted by Crippen LogP contribution is -2.29. The van der Waals surface area contributed by atoms with Gasteiger partial charge in [0.15, 0.2) is 0 Å². The van der Waals surface area contributed by atoms with E-state index in [0.29, 0.717) is 39.3 Å². The summed E-state index contributed by atoms with van der Waals surface area (Å²) in [6, 6.07) is 21.3. The molecule has 8 nitrogen and oxygen atoms in total. The topological polar surface area (TPSA) is 108 Å². The number of nitrogens with zero attached hydrogens (tertiary/aromatic N) is 1. The Morgan fingerprint density at radius 2 is 1.71 bits per heavy atom. The predicted octanol–water partition coefficient (Wildman–Crippen LogP) is 3.47. The van der Waals surface area contributed by atoms with Crippen molar-refractivity contribution in [2.45, 2.75) is 0 Å². The number of carbonyl (C=O) groups excluding carboxylic acids is 3. The average molecular weight is 472 g/mol. The molecular weight excluding hydrogens is 446 g/mol. The fourth-order valence-corrected chi connectivity index (χ4v) is 3.90. The highest BCUT2D eigenvalue weighted by atomic mass is 16.5. The molecule has 0 radical (unpaired) electrons. The molecular formula is C27H25N3O5. The van der Waals surface area contributed by atoms with Crippen LogP contribution in [0.5, 0.6) is 0 Å². The van der Waals surface area contributed by atoms with Gasteiger partial charge in [-0.05, 0) is 35.9 Å². The molecule has 0 unspecified atom stereocenters. The van der Waals surface area contributed by atoms with Gasteiger partial charge in [0.2, 0.25) is 0 Å². The number of hydrogen-bond donors (Lipinski definition) is 3. The molecule has 0 bridgehead atoms. The van der Waals surface area contributed by atoms with Crippen LogP contribution >= 0.6 is 0 Å². The first-order chi connectivity index (χ1) is 16.9. The van der Waals surface area contributed by atoms with Crippen LogP contribution in [-0.2, 0) is 9.53 Å². The number of esters is 1. The summed E-state index contributed by atoms with van der Waals surface area (Å²) in [4.78, 5) is 39.2. The molecule has 0 fully saturated rings. The van der Waals surface area contributed by atoms with Crippen LogP contribution < -0.4 is 10.6 Å². The number of aliphatic hydroxyl groups excluding tert-OH is 1. The van der Waals surface area contributed by atoms with Crippen molar-refractivity contribution in [3.8, 4) is 0 Å². The van der Waals surface area contributed by atoms with Crippen LogP contribution in [0.2, 0.25) is 0 Å². The van der Waals surface area contributed by atoms with Gasteiger partial charge in [0.1, 0.15) is 0 Å². The number of ether oxygens (including phenoxy) is 1. The van der Waals surface area contributed by atoms with Crippen LogP contribution in [0, 0.1) is 0 Å². The molecule has 0 aromatic heterocycles. The van der Waals surface area contributed by atoms with Crippen LogP contribution in [0.4, 0.5) is 11.4 Å². The monoisotopic (exact) mass is 471 g/mol. The quantitative estimate of drug-likeness (QED) is 0.360. The molecule has 0 aliphatic carbocycles. The minimum Gasteiger partial charge on any atom is -0.465 e. The number of hydrogen-bond acceptors (Lipinski definition) is 6. The smallest absolute Gasteiger partial charge is 0.337 e. The summed E-state index contributed by atoms with van der Waals surface area (Å²) in [5, 5.41) is 15.3. The van der Waals surface area contributed by atoms with Crippen molar-refractivity contribution in [2.75, 3.05) is 37.9 Å². The lowest BCUT2D eigenvalue weighted by atomic mass is 9.99. The summed E-state index contributed by atoms with van der Waals surface area (Å²) in [7, 11) is 2.93. The Kier molecular flexibility index (Phi) is 6.93. The number of nitrogens with one attached hydrogen (secondary N) is 2. The van der Waals surface area contributed by atoms with Crippen molar-refractivity contribution in [1.29, 1.82) is 0 Å². The number of benzene rings is 3. The van der Waals surface area contributed by atoms with Gasteiger partial charge in [-0.15, -0.1) is 0 Å². The van der Waals surface area contributed by atoms with Crippen LogP contribution in [0.3, 0.4) is 0 Å². The molecule has 2 amide bonds. The van der Waals surface area contributed by atoms with Gasteiger partial charge in [0, 0.05) is 30.4 Å². The summed E-state index contributed by atoms with van der Waals surface area (Å²) in [5.41, 5.74) is 4.30. The second-order valence-corrected chi connectivity index (χ2v) is 7.98. The van der Waals surface area contributed by atoms with Gasteiger partial charge in [-0.2, -0.15) is 0 Å². The number of amides is 2. The largest absolute Gasteiger partial charge is 0.465 e. The molecule has 0 saturated heterocycles. The van der Waals surface area contributed by atoms with Crippen molar-refractivity contribution >= 4 is 40.4 Å². The van der Waals surface area contributed by atoms with Crippen LogP contribution in [0.1, 0.15) is 31.8 Å². The molecule has 3 N–H and O–H groups in total. The van der Waals surface area contributed by atoms with Gasteiger partial charge in [0.25, 0.3) is 11.8 Å². The van der Waals surface area contributed by atoms with Crippen LogP contribution in [-0.4, -0.2) is 55.1 Å². The standard InChI is InChI=1S/C27H25N3O5/c1-30(13-14-31)26(33)18-9-6-10-20(15-18)28-24(17-7-4-3-5-8-17)23-21-12-11-19(27(34)35-2)16-22(21)29-25(23)32/h3-12,15-16,28,31H,13-14H2,1-2H3,(H,29,32)/b24-23-. The van der Waals surface area contributed by atoms with Crippen molar-refractivity contribution < 1.29 is 24.2 Å². The maximum Gasteiger partial charge on any atom is 0.337 e. The van der Waals surface area contributed by atoms with E-state index in [-0.39, 0.29) is 25.0 Å². The van der Waals surface area contributed by atoms with E-state index >= 15 is 0 Å². The summed E-state index contributed by atoms with van der Waals surface area (Å²) in [5.74, 6) is -1.03. The Balaban J connectivity index is 1.79. The molecule has 1 aliphatic heterocycles. The van der Waals surface area contributed by atoms with Gasteiger partial charge >= 0.3 is 5.97 Å². The van der Waals surface area contributed by atoms with E-state index in [0.717, 1.165) is 5.56 Å². The maximum atomic E-state index is 13.1. The Bertz CT molecular complexity index is 1320. The molecule has 0 spiro atoms. The number of methoxy groups -OCH3 is 1. The van der Waals surface area contributed by atoms with Crippen molar-refractivity contribution in [3.05, 3.63) is 95.1 Å². The maximum absolute atomic E-state index is 13.1. The first-order valence-corrected chi connectivity index (χ1v) is 11.0. The highest BCUT2D eigenvalue weighted by molar-refractivity contribution is 6.37. The van der Waals surface area contributed by atoms with Crippen LogP contribution in [0.25, 0.3) is 11.3 Å². The van der Waals surface area contributed by atoms with E-state index in [1.165, 1.54) is 12.0 Å². The number of anilines is 2. The molecule has 3 aromatic carbocycles. The summed E-state index contributed by atoms with van der Waals surface area (Å²) in [6.07, 6.45) is 0. The molecule has 8 heteroatoms. The van der Waals surface area contributed by atoms with E-state index < -0.39 is 5.97 Å². The Morgan fingerprint density at radius 1 is 0.971 bits per heavy atom. The second-order valence-electron chi connectivity index (χ2n) is 7.98. The van der Waals surface area contributed by atoms with Gasteiger partial charge in [-0.1, -0.05) is 42.5 Å². The summed E-state index contributed by atoms with van der Waals surface area (Å²) < 4.78 is 4.79. The van der Waals surface area contributed by atoms with Gasteiger partial charge in [-0.25, -0.2) is 4.79 Å². The van der Waals surface area contributed by atoms with Crippen LogP contribution in [0.15, 0.2) is 72.8 Å². The third-order valence-corrected chi connectivity index (χ3v) is 5.66. The highest BCUT2D eigenvalue weighted by Gasteiger charge is 2.29. The number of carbonyl (C=O) groups is 3. The molecule has 3 aromatic rings. The van der Waals surface area contributed by atoms with E-state index in [9.17, 15) is 14.4 Å². The normalized spacial score (nSPS) is 13.5. The number of likely N-dealkylation sites (N-methyl/N-ethyl adjacent to an activating group) is 1. The molecule has 1 aliphatic rings. The first kappa shape index (κ1) is 23.7. The lowest BCUT2D eigenvalue weighted by molar-refractivity contribution is -0.110. The SMILES string of the molecule is COC(=O)c1ccc2c(c1)NC(=O)/C2=C(\Nc1cccc(C(=O)N(C)CCO)c1)c1ccccc1. The molecule has 178 valence electrons. The van der Waals surface area contributed by atoms with Crippen molar-refractivity contribution in [1.82, 2.24) is 4.90 Å². The minimum atomic E-state index is -0.492. The minimum absolute atomic E-state index is 0.128. The zero-order chi connectivity index (χ0) is 24.9.